The second-order valence-electron chi connectivity index (χ2n) is 12.0. The van der Waals surface area contributed by atoms with Crippen molar-refractivity contribution >= 4 is 17.6 Å². The molecule has 0 spiro atoms. The van der Waals surface area contributed by atoms with Crippen LogP contribution >= 0.6 is 0 Å². The topological polar surface area (TPSA) is 98.4 Å². The molecule has 3 unspecified atom stereocenters. The maximum atomic E-state index is 13.4. The van der Waals surface area contributed by atoms with E-state index < -0.39 is 17.2 Å². The number of guanidine groups is 1. The molecule has 0 bridgehead atoms. The highest BCUT2D eigenvalue weighted by Crippen LogP contribution is 2.48. The van der Waals surface area contributed by atoms with Crippen LogP contribution < -0.4 is 15.8 Å². The quantitative estimate of drug-likeness (QED) is 0.487. The van der Waals surface area contributed by atoms with Crippen LogP contribution in [0.5, 0.6) is 5.75 Å². The molecular weight excluding hydrogens is 492 g/mol. The Labute approximate surface area is 232 Å². The molecule has 1 aromatic rings. The van der Waals surface area contributed by atoms with E-state index in [1.54, 1.807) is 18.1 Å². The van der Waals surface area contributed by atoms with Gasteiger partial charge in [-0.15, -0.1) is 0 Å². The normalized spacial score (nSPS) is 27.5. The first-order valence-corrected chi connectivity index (χ1v) is 13.4. The van der Waals surface area contributed by atoms with Crippen molar-refractivity contribution in [2.24, 2.45) is 10.7 Å². The van der Waals surface area contributed by atoms with Gasteiger partial charge in [0.15, 0.2) is 11.6 Å². The number of amides is 1. The third-order valence-electron chi connectivity index (χ3n) is 7.40. The van der Waals surface area contributed by atoms with Crippen LogP contribution in [0.25, 0.3) is 5.70 Å². The van der Waals surface area contributed by atoms with E-state index in [0.717, 1.165) is 34.6 Å². The second kappa shape index (κ2) is 10.2. The lowest BCUT2D eigenvalue weighted by Gasteiger charge is -2.41. The molecule has 0 fully saturated rings. The van der Waals surface area contributed by atoms with E-state index >= 15 is 0 Å². The Kier molecular flexibility index (Phi) is 7.47. The first kappa shape index (κ1) is 28.5. The maximum absolute atomic E-state index is 13.4. The molecular formula is C31H42N4O4. The van der Waals surface area contributed by atoms with Crippen LogP contribution in [0.2, 0.25) is 0 Å². The third-order valence-corrected chi connectivity index (χ3v) is 7.40. The summed E-state index contributed by atoms with van der Waals surface area (Å²) in [4.78, 5) is 19.6. The van der Waals surface area contributed by atoms with Gasteiger partial charge in [-0.2, -0.15) is 0 Å². The minimum atomic E-state index is -0.854. The van der Waals surface area contributed by atoms with Gasteiger partial charge >= 0.3 is 0 Å². The molecule has 3 heterocycles. The number of hydrogen-bond acceptors (Lipinski definition) is 7. The van der Waals surface area contributed by atoms with Crippen molar-refractivity contribution in [1.82, 2.24) is 10.2 Å². The van der Waals surface area contributed by atoms with E-state index in [0.29, 0.717) is 5.75 Å². The molecule has 39 heavy (non-hydrogen) atoms. The van der Waals surface area contributed by atoms with Crippen molar-refractivity contribution < 1.29 is 19.0 Å². The zero-order valence-electron chi connectivity index (χ0n) is 24.3. The van der Waals surface area contributed by atoms with Gasteiger partial charge in [0.05, 0.1) is 24.6 Å². The Morgan fingerprint density at radius 1 is 1.28 bits per heavy atom. The van der Waals surface area contributed by atoms with E-state index in [4.69, 9.17) is 19.9 Å². The van der Waals surface area contributed by atoms with Gasteiger partial charge in [0.25, 0.3) is 0 Å². The number of ether oxygens (including phenoxy) is 3. The zero-order valence-corrected chi connectivity index (χ0v) is 24.3. The van der Waals surface area contributed by atoms with Crippen LogP contribution in [0.4, 0.5) is 0 Å². The summed E-state index contributed by atoms with van der Waals surface area (Å²) >= 11 is 0. The van der Waals surface area contributed by atoms with Crippen molar-refractivity contribution in [3.8, 4) is 5.75 Å². The Hall–Kier alpha value is -3.52. The van der Waals surface area contributed by atoms with Gasteiger partial charge in [-0.05, 0) is 71.4 Å². The average molecular weight is 535 g/mol. The molecule has 1 aromatic carbocycles. The van der Waals surface area contributed by atoms with Crippen LogP contribution in [0.3, 0.4) is 0 Å². The molecule has 0 radical (unpaired) electrons. The van der Waals surface area contributed by atoms with Gasteiger partial charge < -0.3 is 25.3 Å². The van der Waals surface area contributed by atoms with Crippen LogP contribution in [0.1, 0.15) is 71.6 Å². The molecule has 210 valence electrons. The van der Waals surface area contributed by atoms with Gasteiger partial charge in [-0.3, -0.25) is 9.69 Å². The van der Waals surface area contributed by atoms with E-state index in [1.807, 2.05) is 58.0 Å². The van der Waals surface area contributed by atoms with Gasteiger partial charge in [-0.25, -0.2) is 4.99 Å². The van der Waals surface area contributed by atoms with Crippen LogP contribution in [0, 0.1) is 0 Å². The van der Waals surface area contributed by atoms with Crippen molar-refractivity contribution in [3.63, 3.8) is 0 Å². The van der Waals surface area contributed by atoms with E-state index in [9.17, 15) is 4.79 Å². The van der Waals surface area contributed by atoms with E-state index in [-0.39, 0.29) is 36.5 Å². The van der Waals surface area contributed by atoms with Gasteiger partial charge in [-0.1, -0.05) is 25.3 Å². The molecule has 3 aliphatic rings. The highest BCUT2D eigenvalue weighted by Gasteiger charge is 2.52. The number of methoxy groups -OCH3 is 1. The predicted molar refractivity (Wildman–Crippen MR) is 155 cm³/mol. The fourth-order valence-corrected chi connectivity index (χ4v) is 5.88. The number of carbonyl (C=O) groups excluding carboxylic acids is 1. The summed E-state index contributed by atoms with van der Waals surface area (Å²) in [6.07, 6.45) is 6.79. The average Bonchev–Trinajstić information content (AvgIpc) is 3.10. The number of benzene rings is 1. The Bertz CT molecular complexity index is 1280. The number of nitrogens with zero attached hydrogens (tertiary/aromatic N) is 2. The Morgan fingerprint density at radius 2 is 2.00 bits per heavy atom. The first-order valence-electron chi connectivity index (χ1n) is 13.4. The molecule has 3 atom stereocenters. The molecule has 0 saturated heterocycles. The van der Waals surface area contributed by atoms with Crippen molar-refractivity contribution in [2.45, 2.75) is 83.2 Å². The molecule has 0 saturated carbocycles. The molecule has 8 nitrogen and oxygen atoms in total. The highest BCUT2D eigenvalue weighted by molar-refractivity contribution is 5.99. The minimum Gasteiger partial charge on any atom is -0.487 e. The largest absolute Gasteiger partial charge is 0.487 e. The van der Waals surface area contributed by atoms with Crippen LogP contribution in [-0.2, 0) is 14.3 Å². The van der Waals surface area contributed by atoms with Crippen LogP contribution in [0.15, 0.2) is 65.9 Å². The number of nitrogens with two attached hydrogens (primary N) is 1. The summed E-state index contributed by atoms with van der Waals surface area (Å²) in [5.41, 5.74) is 8.12. The van der Waals surface area contributed by atoms with Gasteiger partial charge in [0, 0.05) is 30.4 Å². The molecule has 0 aliphatic carbocycles. The summed E-state index contributed by atoms with van der Waals surface area (Å²) in [6.45, 7) is 20.5. The number of hydrogen-bond donors (Lipinski definition) is 2. The molecule has 1 amide bonds. The summed E-state index contributed by atoms with van der Waals surface area (Å²) in [5, 5.41) is 3.62. The summed E-state index contributed by atoms with van der Waals surface area (Å²) in [6, 6.07) is 5.37. The molecule has 0 aromatic heterocycles. The maximum Gasteiger partial charge on any atom is 0.232 e. The lowest BCUT2D eigenvalue weighted by Crippen LogP contribution is -2.57. The number of fused-ring (bicyclic) bond motifs is 1. The Morgan fingerprint density at radius 3 is 2.62 bits per heavy atom. The summed E-state index contributed by atoms with van der Waals surface area (Å²) in [5.74, 6) is 1.52. The first-order chi connectivity index (χ1) is 18.2. The smallest absolute Gasteiger partial charge is 0.232 e. The zero-order chi connectivity index (χ0) is 28.8. The lowest BCUT2D eigenvalue weighted by molar-refractivity contribution is -0.135. The molecule has 3 aliphatic heterocycles. The summed E-state index contributed by atoms with van der Waals surface area (Å²) < 4.78 is 18.1. The monoisotopic (exact) mass is 534 g/mol. The SMILES string of the molecule is C=CC1=C(/C=C\C)C(NC(=C)c2ccc3c(c2)C(N2C(=O)CC(C)(C)N=C2N)C(C)(COC)O3)CC(C)(C)O1. The molecule has 3 N–H and O–H groups in total. The van der Waals surface area contributed by atoms with Crippen LogP contribution in [-0.4, -0.2) is 53.3 Å². The third kappa shape index (κ3) is 5.48. The van der Waals surface area contributed by atoms with Crippen molar-refractivity contribution in [1.29, 1.82) is 0 Å². The van der Waals surface area contributed by atoms with Crippen molar-refractivity contribution in [2.75, 3.05) is 13.7 Å². The van der Waals surface area contributed by atoms with Gasteiger partial charge in [0.1, 0.15) is 23.2 Å². The number of rotatable bonds is 8. The summed E-state index contributed by atoms with van der Waals surface area (Å²) in [7, 11) is 1.62. The molecule has 8 heteroatoms. The van der Waals surface area contributed by atoms with E-state index in [1.165, 1.54) is 0 Å². The lowest BCUT2D eigenvalue weighted by atomic mass is 9.87. The Balaban J connectivity index is 1.72. The standard InChI is InChI=1S/C31H42N4O4/c1-10-12-21-23(16-30(6,7)38-24(21)11-2)33-19(3)20-13-14-25-22(15-20)27(31(8,39-25)18-37-9)35-26(36)17-29(4,5)34-28(35)32/h10-15,23,27,33H,2-3,16-18H2,1,4-9H3,(H2,32,34)/b12-10-. The second-order valence-corrected chi connectivity index (χ2v) is 12.0. The number of carbonyl (C=O) groups is 1. The van der Waals surface area contributed by atoms with E-state index in [2.05, 4.69) is 37.3 Å². The fraction of sp³-hybridized carbons (Fsp3) is 0.484. The number of nitrogens with one attached hydrogen (secondary N) is 1. The van der Waals surface area contributed by atoms with Crippen molar-refractivity contribution in [3.05, 3.63) is 72.0 Å². The molecule has 4 rings (SSSR count). The number of allylic oxidation sites excluding steroid dienone is 2. The van der Waals surface area contributed by atoms with Gasteiger partial charge in [0.2, 0.25) is 5.91 Å². The predicted octanol–water partition coefficient (Wildman–Crippen LogP) is 4.99. The number of aliphatic imine (C=N–C) groups is 1. The highest BCUT2D eigenvalue weighted by atomic mass is 16.5. The minimum absolute atomic E-state index is 0.0295. The fourth-order valence-electron chi connectivity index (χ4n) is 5.88.